The second-order valence-electron chi connectivity index (χ2n) is 3.84. The molecule has 94 valence electrons. The van der Waals surface area contributed by atoms with Crippen molar-refractivity contribution in [1.82, 2.24) is 0 Å². The van der Waals surface area contributed by atoms with Crippen LogP contribution in [0, 0.1) is 6.92 Å². The summed E-state index contributed by atoms with van der Waals surface area (Å²) in [6, 6.07) is -0.212. The minimum absolute atomic E-state index is 0.202. The van der Waals surface area contributed by atoms with Gasteiger partial charge in [-0.15, -0.1) is 11.3 Å². The topological polar surface area (TPSA) is 81.4 Å². The molecule has 1 amide bonds. The number of hydrogen-bond donors (Lipinski definition) is 2. The third-order valence-electron chi connectivity index (χ3n) is 2.12. The van der Waals surface area contributed by atoms with Crippen LogP contribution in [0.5, 0.6) is 0 Å². The molecule has 0 aliphatic carbocycles. The summed E-state index contributed by atoms with van der Waals surface area (Å²) in [4.78, 5) is 23.5. The Morgan fingerprint density at radius 1 is 1.59 bits per heavy atom. The van der Waals surface area contributed by atoms with Gasteiger partial charge >= 0.3 is 5.97 Å². The second kappa shape index (κ2) is 5.79. The highest BCUT2D eigenvalue weighted by atomic mass is 32.1. The summed E-state index contributed by atoms with van der Waals surface area (Å²) in [6.45, 7) is 3.58. The van der Waals surface area contributed by atoms with E-state index >= 15 is 0 Å². The standard InChI is InChI=1S/C11H16N2O3S/c1-6-5-17-10(11(15)16-3)9(6)13-8(14)4-7(2)12/h5,7H,4,12H2,1-3H3,(H,13,14). The molecule has 0 aromatic carbocycles. The van der Waals surface area contributed by atoms with Gasteiger partial charge in [-0.1, -0.05) is 0 Å². The van der Waals surface area contributed by atoms with Crippen molar-refractivity contribution in [3.8, 4) is 0 Å². The number of nitrogens with two attached hydrogens (primary N) is 1. The number of nitrogens with one attached hydrogen (secondary N) is 1. The summed E-state index contributed by atoms with van der Waals surface area (Å²) < 4.78 is 4.65. The van der Waals surface area contributed by atoms with Crippen LogP contribution in [0.2, 0.25) is 0 Å². The minimum Gasteiger partial charge on any atom is -0.465 e. The van der Waals surface area contributed by atoms with E-state index in [1.807, 2.05) is 6.92 Å². The summed E-state index contributed by atoms with van der Waals surface area (Å²) >= 11 is 1.25. The summed E-state index contributed by atoms with van der Waals surface area (Å²) in [6.07, 6.45) is 0.218. The van der Waals surface area contributed by atoms with Gasteiger partial charge < -0.3 is 15.8 Å². The van der Waals surface area contributed by atoms with Crippen LogP contribution >= 0.6 is 11.3 Å². The monoisotopic (exact) mass is 256 g/mol. The van der Waals surface area contributed by atoms with E-state index < -0.39 is 5.97 Å². The Bertz CT molecular complexity index is 426. The summed E-state index contributed by atoms with van der Waals surface area (Å²) in [5.74, 6) is -0.647. The number of anilines is 1. The highest BCUT2D eigenvalue weighted by Crippen LogP contribution is 2.28. The smallest absolute Gasteiger partial charge is 0.350 e. The predicted octanol–water partition coefficient (Wildman–Crippen LogP) is 1.52. The lowest BCUT2D eigenvalue weighted by molar-refractivity contribution is -0.116. The van der Waals surface area contributed by atoms with Crippen molar-refractivity contribution < 1.29 is 14.3 Å². The number of ether oxygens (including phenoxy) is 1. The summed E-state index contributed by atoms with van der Waals surface area (Å²) in [5.41, 5.74) is 6.90. The minimum atomic E-state index is -0.445. The number of rotatable bonds is 4. The number of hydrogen-bond acceptors (Lipinski definition) is 5. The average Bonchev–Trinajstić information content (AvgIpc) is 2.58. The van der Waals surface area contributed by atoms with Crippen LogP contribution in [0.3, 0.4) is 0 Å². The first-order chi connectivity index (χ1) is 7.95. The number of carbonyl (C=O) groups excluding carboxylic acids is 2. The van der Waals surface area contributed by atoms with Gasteiger partial charge in [-0.2, -0.15) is 0 Å². The highest BCUT2D eigenvalue weighted by Gasteiger charge is 2.18. The van der Waals surface area contributed by atoms with Gasteiger partial charge in [-0.05, 0) is 24.8 Å². The van der Waals surface area contributed by atoms with Gasteiger partial charge in [-0.25, -0.2) is 4.79 Å². The van der Waals surface area contributed by atoms with E-state index in [4.69, 9.17) is 5.73 Å². The van der Waals surface area contributed by atoms with Crippen LogP contribution in [-0.2, 0) is 9.53 Å². The molecule has 17 heavy (non-hydrogen) atoms. The lowest BCUT2D eigenvalue weighted by Gasteiger charge is -2.08. The van der Waals surface area contributed by atoms with Crippen molar-refractivity contribution in [3.63, 3.8) is 0 Å². The lowest BCUT2D eigenvalue weighted by Crippen LogP contribution is -2.24. The highest BCUT2D eigenvalue weighted by molar-refractivity contribution is 7.12. The van der Waals surface area contributed by atoms with Crippen molar-refractivity contribution in [2.24, 2.45) is 5.73 Å². The van der Waals surface area contributed by atoms with E-state index in [1.54, 1.807) is 12.3 Å². The van der Waals surface area contributed by atoms with Gasteiger partial charge in [0.25, 0.3) is 0 Å². The largest absolute Gasteiger partial charge is 0.465 e. The molecule has 0 aliphatic heterocycles. The Morgan fingerprint density at radius 2 is 2.24 bits per heavy atom. The third-order valence-corrected chi connectivity index (χ3v) is 3.20. The van der Waals surface area contributed by atoms with E-state index in [2.05, 4.69) is 10.1 Å². The zero-order chi connectivity index (χ0) is 13.0. The molecule has 1 heterocycles. The number of aryl methyl sites for hydroxylation is 1. The first-order valence-corrected chi connectivity index (χ1v) is 6.05. The Kier molecular flexibility index (Phi) is 4.65. The van der Waals surface area contributed by atoms with Crippen molar-refractivity contribution in [1.29, 1.82) is 0 Å². The zero-order valence-corrected chi connectivity index (χ0v) is 10.9. The molecule has 1 aromatic heterocycles. The molecule has 1 atom stereocenters. The van der Waals surface area contributed by atoms with Crippen LogP contribution in [0.25, 0.3) is 0 Å². The molecule has 3 N–H and O–H groups in total. The fourth-order valence-corrected chi connectivity index (χ4v) is 2.25. The van der Waals surface area contributed by atoms with Gasteiger partial charge in [0.15, 0.2) is 0 Å². The number of carbonyl (C=O) groups is 2. The van der Waals surface area contributed by atoms with Gasteiger partial charge in [-0.3, -0.25) is 4.79 Å². The first kappa shape index (κ1) is 13.7. The summed E-state index contributed by atoms with van der Waals surface area (Å²) in [5, 5.41) is 4.50. The van der Waals surface area contributed by atoms with E-state index in [0.717, 1.165) is 5.56 Å². The molecule has 1 aromatic rings. The maximum atomic E-state index is 11.6. The Balaban J connectivity index is 2.86. The summed E-state index contributed by atoms with van der Waals surface area (Å²) in [7, 11) is 1.31. The van der Waals surface area contributed by atoms with Crippen molar-refractivity contribution in [2.45, 2.75) is 26.3 Å². The fraction of sp³-hybridized carbons (Fsp3) is 0.455. The van der Waals surface area contributed by atoms with Gasteiger partial charge in [0.2, 0.25) is 5.91 Å². The Hall–Kier alpha value is -1.40. The van der Waals surface area contributed by atoms with E-state index in [1.165, 1.54) is 18.4 Å². The molecule has 6 heteroatoms. The Labute approximate surface area is 104 Å². The van der Waals surface area contributed by atoms with Gasteiger partial charge in [0, 0.05) is 12.5 Å². The zero-order valence-electron chi connectivity index (χ0n) is 10.1. The maximum Gasteiger partial charge on any atom is 0.350 e. The molecule has 0 aliphatic rings. The van der Waals surface area contributed by atoms with Crippen molar-refractivity contribution in [2.75, 3.05) is 12.4 Å². The molecule has 0 radical (unpaired) electrons. The Morgan fingerprint density at radius 3 is 2.76 bits per heavy atom. The molecule has 0 saturated carbocycles. The van der Waals surface area contributed by atoms with Crippen LogP contribution < -0.4 is 11.1 Å². The predicted molar refractivity (Wildman–Crippen MR) is 67.3 cm³/mol. The van der Waals surface area contributed by atoms with Gasteiger partial charge in [0.05, 0.1) is 12.8 Å². The van der Waals surface area contributed by atoms with Gasteiger partial charge in [0.1, 0.15) is 4.88 Å². The SMILES string of the molecule is COC(=O)c1scc(C)c1NC(=O)CC(C)N. The molecule has 0 fully saturated rings. The lowest BCUT2D eigenvalue weighted by atomic mass is 10.2. The second-order valence-corrected chi connectivity index (χ2v) is 4.72. The van der Waals surface area contributed by atoms with Crippen LogP contribution in [0.1, 0.15) is 28.6 Å². The average molecular weight is 256 g/mol. The van der Waals surface area contributed by atoms with Crippen LogP contribution in [-0.4, -0.2) is 25.0 Å². The molecule has 1 unspecified atom stereocenters. The van der Waals surface area contributed by atoms with E-state index in [9.17, 15) is 9.59 Å². The van der Waals surface area contributed by atoms with Crippen LogP contribution in [0.15, 0.2) is 5.38 Å². The van der Waals surface area contributed by atoms with Crippen molar-refractivity contribution >= 4 is 28.9 Å². The van der Waals surface area contributed by atoms with Crippen molar-refractivity contribution in [3.05, 3.63) is 15.8 Å². The molecule has 5 nitrogen and oxygen atoms in total. The molecular weight excluding hydrogens is 240 g/mol. The normalized spacial score (nSPS) is 12.0. The number of methoxy groups -OCH3 is 1. The molecule has 0 spiro atoms. The number of amides is 1. The number of thiophene rings is 1. The van der Waals surface area contributed by atoms with E-state index in [0.29, 0.717) is 10.6 Å². The molecule has 0 bridgehead atoms. The quantitative estimate of drug-likeness (QED) is 0.800. The molecule has 1 rings (SSSR count). The fourth-order valence-electron chi connectivity index (χ4n) is 1.33. The molecular formula is C11H16N2O3S. The van der Waals surface area contributed by atoms with E-state index in [-0.39, 0.29) is 18.4 Å². The maximum absolute atomic E-state index is 11.6. The van der Waals surface area contributed by atoms with Crippen LogP contribution in [0.4, 0.5) is 5.69 Å². The third kappa shape index (κ3) is 3.54. The first-order valence-electron chi connectivity index (χ1n) is 5.17. The number of esters is 1. The molecule has 0 saturated heterocycles.